The number of rotatable bonds is 4. The van der Waals surface area contributed by atoms with Gasteiger partial charge in [0.1, 0.15) is 11.5 Å². The van der Waals surface area contributed by atoms with Crippen LogP contribution in [-0.4, -0.2) is 49.2 Å². The van der Waals surface area contributed by atoms with E-state index in [2.05, 4.69) is 133 Å². The molecule has 0 N–H and O–H groups in total. The molecule has 0 aliphatic carbocycles. The van der Waals surface area contributed by atoms with Gasteiger partial charge in [0.2, 0.25) is 0 Å². The van der Waals surface area contributed by atoms with Gasteiger partial charge in [0, 0.05) is 13.1 Å². The van der Waals surface area contributed by atoms with Crippen molar-refractivity contribution in [2.45, 2.75) is 65.5 Å². The third-order valence-electron chi connectivity index (χ3n) is 9.18. The Morgan fingerprint density at radius 3 is 1.26 bits per heavy atom. The molecule has 244 valence electrons. The molecule has 2 unspecified atom stereocenters. The Balaban J connectivity index is 1.24. The lowest BCUT2D eigenvalue weighted by Crippen LogP contribution is -2.28. The zero-order chi connectivity index (χ0) is 31.8. The molecule has 3 aliphatic rings. The van der Waals surface area contributed by atoms with Crippen molar-refractivity contribution < 1.29 is 9.47 Å². The van der Waals surface area contributed by atoms with E-state index in [-0.39, 0.29) is 0 Å². The highest BCUT2D eigenvalue weighted by Gasteiger charge is 2.13. The normalized spacial score (nSPS) is 20.1. The summed E-state index contributed by atoms with van der Waals surface area (Å²) >= 11 is 0. The minimum Gasteiger partial charge on any atom is -0.493 e. The first-order chi connectivity index (χ1) is 22.6. The fraction of sp³-hybridized carbons (Fsp3) is 0.429. The largest absolute Gasteiger partial charge is 0.493 e. The molecular weight excluding hydrogens is 564 g/mol. The van der Waals surface area contributed by atoms with Crippen LogP contribution in [0.5, 0.6) is 11.5 Å². The fourth-order valence-electron chi connectivity index (χ4n) is 6.18. The monoisotopic (exact) mass is 618 g/mol. The van der Waals surface area contributed by atoms with Crippen LogP contribution < -0.4 is 9.47 Å². The molecule has 0 fully saturated rings. The average Bonchev–Trinajstić information content (AvgIpc) is 3.10. The van der Waals surface area contributed by atoms with Gasteiger partial charge in [-0.3, -0.25) is 9.80 Å². The van der Waals surface area contributed by atoms with Gasteiger partial charge >= 0.3 is 0 Å². The number of hydrogen-bond donors (Lipinski definition) is 0. The van der Waals surface area contributed by atoms with Crippen LogP contribution in [0.25, 0.3) is 11.1 Å². The standard InChI is InChI=1S/C42H54N2O2/c1-35-25-29-43(31-37-13-7-5-8-14-37)27-11-3-4-12-28-44(32-38-15-9-6-10-16-38)30-26-36(2)34-46-42-23-19-40(20-24-42)39-17-21-41(22-18-39)45-33-35/h5-10,13-24,35-36H,3-4,11-12,25-34H2,1-2H3. The van der Waals surface area contributed by atoms with E-state index in [0.717, 1.165) is 76.8 Å². The van der Waals surface area contributed by atoms with Crippen LogP contribution in [0.1, 0.15) is 63.5 Å². The summed E-state index contributed by atoms with van der Waals surface area (Å²) in [6.07, 6.45) is 7.32. The van der Waals surface area contributed by atoms with Crippen molar-refractivity contribution in [2.75, 3.05) is 39.4 Å². The van der Waals surface area contributed by atoms with Gasteiger partial charge in [-0.1, -0.05) is 112 Å². The summed E-state index contributed by atoms with van der Waals surface area (Å²) in [7, 11) is 0. The summed E-state index contributed by atoms with van der Waals surface area (Å²) in [5.41, 5.74) is 5.18. The van der Waals surface area contributed by atoms with Crippen LogP contribution in [-0.2, 0) is 13.1 Å². The molecule has 3 aliphatic heterocycles. The Bertz CT molecular complexity index is 1270. The number of fused-ring (bicyclic) bond motifs is 2. The first kappa shape index (κ1) is 33.8. The second kappa shape index (κ2) is 18.5. The van der Waals surface area contributed by atoms with E-state index in [1.807, 2.05) is 0 Å². The zero-order valence-corrected chi connectivity index (χ0v) is 28.2. The maximum atomic E-state index is 6.23. The van der Waals surface area contributed by atoms with Crippen LogP contribution in [0, 0.1) is 11.8 Å². The SMILES string of the molecule is CC1CCN(Cc2ccccc2)CCCCCCN(Cc2ccccc2)CCC(C)COc2ccc(cc2)-c2ccc(cc2)OC1. The first-order valence-electron chi connectivity index (χ1n) is 17.6. The van der Waals surface area contributed by atoms with Gasteiger partial charge < -0.3 is 9.47 Å². The van der Waals surface area contributed by atoms with Gasteiger partial charge in [-0.15, -0.1) is 0 Å². The number of hydrogen-bond acceptors (Lipinski definition) is 4. The molecule has 2 atom stereocenters. The molecule has 46 heavy (non-hydrogen) atoms. The van der Waals surface area contributed by atoms with Crippen molar-refractivity contribution >= 4 is 0 Å². The van der Waals surface area contributed by atoms with E-state index < -0.39 is 0 Å². The van der Waals surface area contributed by atoms with E-state index in [4.69, 9.17) is 9.47 Å². The van der Waals surface area contributed by atoms with Gasteiger partial charge in [-0.05, 0) is 110 Å². The van der Waals surface area contributed by atoms with Crippen molar-refractivity contribution in [3.63, 3.8) is 0 Å². The Kier molecular flexibility index (Phi) is 13.6. The van der Waals surface area contributed by atoms with Crippen molar-refractivity contribution in [3.8, 4) is 22.6 Å². The van der Waals surface area contributed by atoms with Crippen molar-refractivity contribution in [1.29, 1.82) is 0 Å². The maximum absolute atomic E-state index is 6.23. The average molecular weight is 619 g/mol. The van der Waals surface area contributed by atoms with Gasteiger partial charge in [0.05, 0.1) is 13.2 Å². The fourth-order valence-corrected chi connectivity index (χ4v) is 6.18. The highest BCUT2D eigenvalue weighted by molar-refractivity contribution is 5.64. The van der Waals surface area contributed by atoms with Gasteiger partial charge in [0.25, 0.3) is 0 Å². The van der Waals surface area contributed by atoms with Crippen LogP contribution in [0.15, 0.2) is 109 Å². The predicted octanol–water partition coefficient (Wildman–Crippen LogP) is 9.74. The van der Waals surface area contributed by atoms with Crippen molar-refractivity contribution in [1.82, 2.24) is 9.80 Å². The Morgan fingerprint density at radius 1 is 0.478 bits per heavy atom. The quantitative estimate of drug-likeness (QED) is 0.227. The van der Waals surface area contributed by atoms with Crippen molar-refractivity contribution in [2.24, 2.45) is 11.8 Å². The van der Waals surface area contributed by atoms with E-state index in [9.17, 15) is 0 Å². The lowest BCUT2D eigenvalue weighted by atomic mass is 10.1. The van der Waals surface area contributed by atoms with E-state index in [1.165, 1.54) is 47.9 Å². The molecule has 0 spiro atoms. The first-order valence-corrected chi connectivity index (χ1v) is 17.6. The Morgan fingerprint density at radius 2 is 0.870 bits per heavy atom. The molecule has 4 aromatic rings. The number of benzene rings is 4. The van der Waals surface area contributed by atoms with Crippen LogP contribution in [0.3, 0.4) is 0 Å². The molecule has 4 bridgehead atoms. The molecule has 0 saturated heterocycles. The van der Waals surface area contributed by atoms with Crippen LogP contribution in [0.2, 0.25) is 0 Å². The summed E-state index contributed by atoms with van der Waals surface area (Å²) in [5, 5.41) is 0. The maximum Gasteiger partial charge on any atom is 0.119 e. The Labute approximate surface area is 278 Å². The second-order valence-electron chi connectivity index (χ2n) is 13.4. The highest BCUT2D eigenvalue weighted by Crippen LogP contribution is 2.26. The lowest BCUT2D eigenvalue weighted by molar-refractivity contribution is 0.200. The topological polar surface area (TPSA) is 24.9 Å². The van der Waals surface area contributed by atoms with E-state index in [1.54, 1.807) is 0 Å². The van der Waals surface area contributed by atoms with Crippen molar-refractivity contribution in [3.05, 3.63) is 120 Å². The molecule has 4 aromatic carbocycles. The summed E-state index contributed by atoms with van der Waals surface area (Å²) in [6, 6.07) is 38.9. The molecular formula is C42H54N2O2. The third-order valence-corrected chi connectivity index (χ3v) is 9.18. The minimum atomic E-state index is 0.488. The van der Waals surface area contributed by atoms with Gasteiger partial charge in [-0.25, -0.2) is 0 Å². The number of ether oxygens (including phenoxy) is 2. The Hall–Kier alpha value is -3.60. The zero-order valence-electron chi connectivity index (χ0n) is 28.2. The molecule has 4 heteroatoms. The summed E-state index contributed by atoms with van der Waals surface area (Å²) in [6.45, 7) is 12.6. The summed E-state index contributed by atoms with van der Waals surface area (Å²) in [5.74, 6) is 2.86. The molecule has 4 nitrogen and oxygen atoms in total. The van der Waals surface area contributed by atoms with E-state index >= 15 is 0 Å². The highest BCUT2D eigenvalue weighted by atomic mass is 16.5. The summed E-state index contributed by atoms with van der Waals surface area (Å²) < 4.78 is 12.5. The van der Waals surface area contributed by atoms with Crippen LogP contribution >= 0.6 is 0 Å². The molecule has 0 aromatic heterocycles. The molecule has 0 radical (unpaired) electrons. The number of nitrogens with zero attached hydrogens (tertiary/aromatic N) is 2. The molecule has 0 amide bonds. The smallest absolute Gasteiger partial charge is 0.119 e. The van der Waals surface area contributed by atoms with Gasteiger partial charge in [0.15, 0.2) is 0 Å². The molecule has 3 heterocycles. The second-order valence-corrected chi connectivity index (χ2v) is 13.4. The third kappa shape index (κ3) is 11.6. The molecule has 7 rings (SSSR count). The predicted molar refractivity (Wildman–Crippen MR) is 192 cm³/mol. The summed E-state index contributed by atoms with van der Waals surface area (Å²) in [4.78, 5) is 5.31. The van der Waals surface area contributed by atoms with Gasteiger partial charge in [-0.2, -0.15) is 0 Å². The lowest BCUT2D eigenvalue weighted by Gasteiger charge is -2.25. The molecule has 0 saturated carbocycles. The van der Waals surface area contributed by atoms with E-state index in [0.29, 0.717) is 11.8 Å². The van der Waals surface area contributed by atoms with Crippen LogP contribution in [0.4, 0.5) is 0 Å². The minimum absolute atomic E-state index is 0.488.